The highest BCUT2D eigenvalue weighted by molar-refractivity contribution is 6.59. The highest BCUT2D eigenvalue weighted by Gasteiger charge is 2.16. The lowest BCUT2D eigenvalue weighted by Crippen LogP contribution is -2.33. The normalized spacial score (nSPS) is 31.3. The Hall–Kier alpha value is -0.865. The van der Waals surface area contributed by atoms with Gasteiger partial charge in [-0.1, -0.05) is 19.8 Å². The van der Waals surface area contributed by atoms with E-state index in [1.54, 1.807) is 0 Å². The molecule has 4 heteroatoms. The van der Waals surface area contributed by atoms with E-state index in [2.05, 4.69) is 4.98 Å². The van der Waals surface area contributed by atoms with Crippen molar-refractivity contribution < 1.29 is 26.5 Å². The number of aryl methyl sites for hydroxylation is 1. The highest BCUT2D eigenvalue weighted by atomic mass is 16.4. The zero-order chi connectivity index (χ0) is 20.9. The van der Waals surface area contributed by atoms with Crippen molar-refractivity contribution in [2.24, 2.45) is 0 Å². The van der Waals surface area contributed by atoms with Gasteiger partial charge in [-0.15, -0.1) is 0 Å². The van der Waals surface area contributed by atoms with E-state index in [1.165, 1.54) is 0 Å². The first-order valence-electron chi connectivity index (χ1n) is 9.65. The van der Waals surface area contributed by atoms with Gasteiger partial charge >= 0.3 is 7.12 Å². The van der Waals surface area contributed by atoms with Crippen molar-refractivity contribution >= 4 is 12.6 Å². The average molecular weight is 205 g/mol. The summed E-state index contributed by atoms with van der Waals surface area (Å²) < 4.78 is 90.0. The summed E-state index contributed by atoms with van der Waals surface area (Å²) in [6.07, 6.45) is -3.05. The highest BCUT2D eigenvalue weighted by Crippen LogP contribution is 2.16. The Morgan fingerprint density at radius 2 is 2.64 bits per heavy atom. The molecule has 0 fully saturated rings. The number of rotatable bonds is 3. The molecule has 0 aliphatic rings. The van der Waals surface area contributed by atoms with Gasteiger partial charge in [0.2, 0.25) is 0 Å². The molecule has 0 spiro atoms. The molecule has 76 valence electrons. The van der Waals surface area contributed by atoms with Crippen LogP contribution in [0, 0.1) is 6.85 Å². The van der Waals surface area contributed by atoms with Gasteiger partial charge in [0.15, 0.2) is 0 Å². The van der Waals surface area contributed by atoms with Gasteiger partial charge in [0.1, 0.15) is 0 Å². The largest absolute Gasteiger partial charge is 0.490 e. The molecule has 1 atom stereocenters. The summed E-state index contributed by atoms with van der Waals surface area (Å²) in [5, 5.41) is 18.8. The Bertz CT molecular complexity index is 667. The van der Waals surface area contributed by atoms with Crippen molar-refractivity contribution in [1.29, 1.82) is 0 Å². The number of hydrogen-bond donors (Lipinski definition) is 2. The molecule has 1 rings (SSSR count). The summed E-state index contributed by atoms with van der Waals surface area (Å²) in [6.45, 7) is -9.94. The second-order valence-electron chi connectivity index (χ2n) is 2.54. The molecular formula is C10H16BNO2. The van der Waals surface area contributed by atoms with Crippen molar-refractivity contribution in [3.63, 3.8) is 0 Å². The predicted octanol–water partition coefficient (Wildman–Crippen LogP) is 0.583. The van der Waals surface area contributed by atoms with Crippen LogP contribution in [0.25, 0.3) is 0 Å². The lowest BCUT2D eigenvalue weighted by molar-refractivity contribution is 0.425. The molecule has 0 saturated carbocycles. The molecule has 0 bridgehead atoms. The summed E-state index contributed by atoms with van der Waals surface area (Å²) in [6, 6.07) is 0.572. The molecule has 0 aliphatic heterocycles. The fourth-order valence-corrected chi connectivity index (χ4v) is 0.887. The van der Waals surface area contributed by atoms with E-state index >= 15 is 0 Å². The van der Waals surface area contributed by atoms with Gasteiger partial charge < -0.3 is 10.0 Å². The SMILES string of the molecule is [2H]C([2H])([2H])c1ncc(C([2H])(C([2H])([2H])[2H])C([2H])([2H])C([2H])([2H])[2H])cc1B(O)O. The van der Waals surface area contributed by atoms with E-state index in [-0.39, 0.29) is 0 Å². The topological polar surface area (TPSA) is 53.4 Å². The maximum Gasteiger partial charge on any atom is 0.490 e. The van der Waals surface area contributed by atoms with Crippen LogP contribution >= 0.6 is 0 Å². The summed E-state index contributed by atoms with van der Waals surface area (Å²) in [5.74, 6) is -3.39. The van der Waals surface area contributed by atoms with E-state index in [4.69, 9.17) is 16.4 Å². The molecule has 1 aromatic rings. The van der Waals surface area contributed by atoms with Crippen LogP contribution in [0.15, 0.2) is 12.3 Å². The van der Waals surface area contributed by atoms with Gasteiger partial charge in [-0.25, -0.2) is 0 Å². The first-order valence-corrected chi connectivity index (χ1v) is 3.65. The van der Waals surface area contributed by atoms with Gasteiger partial charge in [0.05, 0.1) is 0 Å². The van der Waals surface area contributed by atoms with Crippen LogP contribution < -0.4 is 5.46 Å². The molecule has 0 aliphatic carbocycles. The van der Waals surface area contributed by atoms with E-state index in [1.807, 2.05) is 0 Å². The Labute approximate surface area is 102 Å². The van der Waals surface area contributed by atoms with E-state index in [0.717, 1.165) is 0 Å². The molecule has 0 radical (unpaired) electrons. The van der Waals surface area contributed by atoms with Crippen molar-refractivity contribution in [3.05, 3.63) is 23.5 Å². The fraction of sp³-hybridized carbons (Fsp3) is 0.500. The summed E-state index contributed by atoms with van der Waals surface area (Å²) in [7, 11) is -2.42. The Morgan fingerprint density at radius 1 is 1.79 bits per heavy atom. The van der Waals surface area contributed by atoms with E-state index in [0.29, 0.717) is 12.3 Å². The van der Waals surface area contributed by atoms with Crippen LogP contribution in [0.5, 0.6) is 0 Å². The fourth-order valence-electron chi connectivity index (χ4n) is 0.887. The molecular weight excluding hydrogens is 177 g/mol. The van der Waals surface area contributed by atoms with Crippen molar-refractivity contribution in [3.8, 4) is 0 Å². The lowest BCUT2D eigenvalue weighted by Gasteiger charge is -2.11. The van der Waals surface area contributed by atoms with Crippen LogP contribution in [0.2, 0.25) is 0 Å². The van der Waals surface area contributed by atoms with Crippen molar-refractivity contribution in [2.75, 3.05) is 0 Å². The smallest absolute Gasteiger partial charge is 0.423 e. The van der Waals surface area contributed by atoms with Gasteiger partial charge in [0, 0.05) is 33.8 Å². The zero-order valence-electron chi connectivity index (χ0n) is 19.1. The minimum atomic E-state index is -3.61. The van der Waals surface area contributed by atoms with Crippen LogP contribution in [0.1, 0.15) is 53.7 Å². The molecule has 2 N–H and O–H groups in total. The standard InChI is InChI=1S/C10H16BNO2/c1-4-7(2)9-5-10(11(13)14)8(3)12-6-9/h5-7,13-14H,4H2,1-3H3/i1D3,2D3,3D3,4D2,7D. The summed E-state index contributed by atoms with van der Waals surface area (Å²) in [5.41, 5.74) is -2.39. The second kappa shape index (κ2) is 4.57. The van der Waals surface area contributed by atoms with Crippen LogP contribution in [-0.4, -0.2) is 22.2 Å². The maximum atomic E-state index is 9.38. The average Bonchev–Trinajstić information content (AvgIpc) is 2.41. The Kier molecular flexibility index (Phi) is 1.00. The van der Waals surface area contributed by atoms with Crippen molar-refractivity contribution in [1.82, 2.24) is 4.98 Å². The van der Waals surface area contributed by atoms with E-state index < -0.39 is 56.7 Å². The monoisotopic (exact) mass is 205 g/mol. The van der Waals surface area contributed by atoms with E-state index in [9.17, 15) is 10.0 Å². The third-order valence-electron chi connectivity index (χ3n) is 1.61. The molecule has 0 amide bonds. The minimum absolute atomic E-state index is 0.552. The predicted molar refractivity (Wildman–Crippen MR) is 57.5 cm³/mol. The van der Waals surface area contributed by atoms with Gasteiger partial charge in [-0.3, -0.25) is 4.98 Å². The number of hydrogen-bond acceptors (Lipinski definition) is 3. The Balaban J connectivity index is 3.85. The number of nitrogens with zero attached hydrogens (tertiary/aromatic N) is 1. The first kappa shape index (κ1) is 3.06. The summed E-state index contributed by atoms with van der Waals surface area (Å²) in [4.78, 5) is 3.44. The second-order valence-corrected chi connectivity index (χ2v) is 2.54. The maximum absolute atomic E-state index is 9.38. The first-order chi connectivity index (χ1) is 11.3. The molecule has 1 aromatic heterocycles. The van der Waals surface area contributed by atoms with Gasteiger partial charge in [-0.2, -0.15) is 0 Å². The number of pyridine rings is 1. The van der Waals surface area contributed by atoms with Crippen LogP contribution in [-0.2, 0) is 0 Å². The quantitative estimate of drug-likeness (QED) is 0.710. The zero-order valence-corrected chi connectivity index (χ0v) is 7.07. The molecule has 1 heterocycles. The minimum Gasteiger partial charge on any atom is -0.423 e. The van der Waals surface area contributed by atoms with Crippen molar-refractivity contribution in [2.45, 2.75) is 32.8 Å². The molecule has 14 heavy (non-hydrogen) atoms. The van der Waals surface area contributed by atoms with Gasteiger partial charge in [0.25, 0.3) is 0 Å². The molecule has 3 nitrogen and oxygen atoms in total. The van der Waals surface area contributed by atoms with Crippen LogP contribution in [0.3, 0.4) is 0 Å². The van der Waals surface area contributed by atoms with Gasteiger partial charge in [-0.05, 0) is 24.7 Å². The third-order valence-corrected chi connectivity index (χ3v) is 1.61. The Morgan fingerprint density at radius 3 is 3.21 bits per heavy atom. The molecule has 0 aromatic carbocycles. The third kappa shape index (κ3) is 2.33. The summed E-state index contributed by atoms with van der Waals surface area (Å²) >= 11 is 0. The number of aromatic nitrogens is 1. The van der Waals surface area contributed by atoms with Crippen LogP contribution in [0.4, 0.5) is 0 Å². The molecule has 1 unspecified atom stereocenters. The lowest BCUT2D eigenvalue weighted by atomic mass is 9.77. The molecule has 0 saturated heterocycles.